The van der Waals surface area contributed by atoms with Crippen LogP contribution in [0.2, 0.25) is 0 Å². The van der Waals surface area contributed by atoms with Gasteiger partial charge in [-0.05, 0) is 24.0 Å². The molecule has 0 spiro atoms. The maximum absolute atomic E-state index is 12.1. The van der Waals surface area contributed by atoms with Crippen molar-refractivity contribution in [2.24, 2.45) is 0 Å². The van der Waals surface area contributed by atoms with Crippen LogP contribution in [0.25, 0.3) is 0 Å². The molecule has 0 heterocycles. The number of carbonyl (C=O) groups excluding carboxylic acids is 1. The lowest BCUT2D eigenvalue weighted by Crippen LogP contribution is -2.19. The first-order valence-electron chi connectivity index (χ1n) is 6.74. The third-order valence-electron chi connectivity index (χ3n) is 3.34. The molecule has 0 aromatic heterocycles. The van der Waals surface area contributed by atoms with E-state index in [9.17, 15) is 4.79 Å². The summed E-state index contributed by atoms with van der Waals surface area (Å²) in [6, 6.07) is 9.86. The topological polar surface area (TPSA) is 26.3 Å². The summed E-state index contributed by atoms with van der Waals surface area (Å²) in [5, 5.41) is 0. The van der Waals surface area contributed by atoms with Gasteiger partial charge in [0.2, 0.25) is 0 Å². The average Bonchev–Trinajstić information content (AvgIpc) is 2.47. The zero-order valence-corrected chi connectivity index (χ0v) is 11.3. The van der Waals surface area contributed by atoms with Crippen molar-refractivity contribution in [1.29, 1.82) is 0 Å². The largest absolute Gasteiger partial charge is 0.376 e. The van der Waals surface area contributed by atoms with Crippen molar-refractivity contribution in [3.8, 4) is 0 Å². The van der Waals surface area contributed by atoms with Crippen molar-refractivity contribution in [2.75, 3.05) is 7.11 Å². The molecule has 1 aliphatic rings. The highest BCUT2D eigenvalue weighted by Crippen LogP contribution is 2.19. The van der Waals surface area contributed by atoms with E-state index in [4.69, 9.17) is 4.74 Å². The third-order valence-corrected chi connectivity index (χ3v) is 3.34. The number of ketones is 1. The van der Waals surface area contributed by atoms with Gasteiger partial charge < -0.3 is 4.74 Å². The average molecular weight is 256 g/mol. The van der Waals surface area contributed by atoms with Crippen LogP contribution >= 0.6 is 0 Å². The molecule has 0 N–H and O–H groups in total. The zero-order valence-electron chi connectivity index (χ0n) is 11.3. The molecule has 2 nitrogen and oxygen atoms in total. The summed E-state index contributed by atoms with van der Waals surface area (Å²) >= 11 is 0. The van der Waals surface area contributed by atoms with E-state index in [-0.39, 0.29) is 11.9 Å². The molecule has 2 heteroatoms. The van der Waals surface area contributed by atoms with Gasteiger partial charge in [-0.25, -0.2) is 0 Å². The van der Waals surface area contributed by atoms with Gasteiger partial charge in [0.05, 0.1) is 6.10 Å². The Morgan fingerprint density at radius 3 is 2.68 bits per heavy atom. The number of hydrogen-bond acceptors (Lipinski definition) is 2. The number of hydrogen-bond donors (Lipinski definition) is 0. The Hall–Kier alpha value is -1.67. The summed E-state index contributed by atoms with van der Waals surface area (Å²) in [7, 11) is 1.67. The van der Waals surface area contributed by atoms with E-state index in [1.165, 1.54) is 0 Å². The number of ether oxygens (including phenoxy) is 1. The predicted octanol–water partition coefficient (Wildman–Crippen LogP) is 3.48. The highest BCUT2D eigenvalue weighted by Gasteiger charge is 2.17. The predicted molar refractivity (Wildman–Crippen MR) is 77.0 cm³/mol. The quantitative estimate of drug-likeness (QED) is 0.779. The fourth-order valence-corrected chi connectivity index (χ4v) is 2.31. The molecule has 1 aromatic carbocycles. The highest BCUT2D eigenvalue weighted by atomic mass is 16.5. The molecule has 1 aliphatic carbocycles. The Kier molecular flexibility index (Phi) is 5.10. The molecule has 0 aliphatic heterocycles. The number of Topliss-reactive ketones (excluding diaryl/α,β-unsaturated/α-hetero) is 1. The van der Waals surface area contributed by atoms with Crippen molar-refractivity contribution in [3.05, 3.63) is 59.7 Å². The zero-order chi connectivity index (χ0) is 13.5. The molecule has 2 rings (SSSR count). The summed E-state index contributed by atoms with van der Waals surface area (Å²) in [6.07, 6.45) is 9.34. The van der Waals surface area contributed by atoms with Gasteiger partial charge >= 0.3 is 0 Å². The molecular formula is C17H20O2. The van der Waals surface area contributed by atoms with Crippen LogP contribution in [0.4, 0.5) is 0 Å². The molecule has 100 valence electrons. The van der Waals surface area contributed by atoms with E-state index in [1.54, 1.807) is 7.11 Å². The van der Waals surface area contributed by atoms with Crippen molar-refractivity contribution >= 4 is 5.78 Å². The normalized spacial score (nSPS) is 15.9. The Morgan fingerprint density at radius 1 is 1.26 bits per heavy atom. The van der Waals surface area contributed by atoms with Crippen LogP contribution in [-0.2, 0) is 16.0 Å². The molecule has 0 saturated heterocycles. The first-order chi connectivity index (χ1) is 9.29. The van der Waals surface area contributed by atoms with E-state index < -0.39 is 0 Å². The van der Waals surface area contributed by atoms with Crippen LogP contribution in [0.5, 0.6) is 0 Å². The van der Waals surface area contributed by atoms with E-state index in [0.717, 1.165) is 24.0 Å². The van der Waals surface area contributed by atoms with E-state index in [0.29, 0.717) is 12.8 Å². The lowest BCUT2D eigenvalue weighted by molar-refractivity contribution is -0.120. The van der Waals surface area contributed by atoms with Crippen LogP contribution in [0, 0.1) is 0 Å². The van der Waals surface area contributed by atoms with Gasteiger partial charge in [0.1, 0.15) is 5.78 Å². The van der Waals surface area contributed by atoms with Crippen molar-refractivity contribution in [1.82, 2.24) is 0 Å². The van der Waals surface area contributed by atoms with Crippen molar-refractivity contribution in [2.45, 2.75) is 31.8 Å². The van der Waals surface area contributed by atoms with E-state index >= 15 is 0 Å². The van der Waals surface area contributed by atoms with Crippen LogP contribution < -0.4 is 0 Å². The number of methoxy groups -OCH3 is 1. The Balaban J connectivity index is 1.93. The summed E-state index contributed by atoms with van der Waals surface area (Å²) in [4.78, 5) is 12.1. The summed E-state index contributed by atoms with van der Waals surface area (Å²) in [5.74, 6) is 0.220. The third kappa shape index (κ3) is 4.18. The van der Waals surface area contributed by atoms with Gasteiger partial charge in [-0.1, -0.05) is 48.6 Å². The number of carbonyl (C=O) groups is 1. The van der Waals surface area contributed by atoms with Gasteiger partial charge in [0.15, 0.2) is 0 Å². The number of rotatable bonds is 6. The first kappa shape index (κ1) is 13.8. The van der Waals surface area contributed by atoms with Gasteiger partial charge in [-0.2, -0.15) is 0 Å². The molecule has 0 fully saturated rings. The second-order valence-corrected chi connectivity index (χ2v) is 4.81. The highest BCUT2D eigenvalue weighted by molar-refractivity contribution is 5.81. The first-order valence-corrected chi connectivity index (χ1v) is 6.74. The molecule has 0 saturated carbocycles. The van der Waals surface area contributed by atoms with E-state index in [2.05, 4.69) is 18.2 Å². The molecule has 0 amide bonds. The maximum Gasteiger partial charge on any atom is 0.140 e. The smallest absolute Gasteiger partial charge is 0.140 e. The molecule has 0 radical (unpaired) electrons. The van der Waals surface area contributed by atoms with Gasteiger partial charge in [0, 0.05) is 20.0 Å². The Morgan fingerprint density at radius 2 is 2.05 bits per heavy atom. The fourth-order valence-electron chi connectivity index (χ4n) is 2.31. The minimum Gasteiger partial charge on any atom is -0.376 e. The second-order valence-electron chi connectivity index (χ2n) is 4.81. The molecular weight excluding hydrogens is 236 g/mol. The van der Waals surface area contributed by atoms with E-state index in [1.807, 2.05) is 30.3 Å². The minimum atomic E-state index is -0.104. The minimum absolute atomic E-state index is 0.104. The molecule has 19 heavy (non-hydrogen) atoms. The molecule has 0 bridgehead atoms. The van der Waals surface area contributed by atoms with Crippen LogP contribution in [0.15, 0.2) is 54.1 Å². The molecule has 1 unspecified atom stereocenters. The summed E-state index contributed by atoms with van der Waals surface area (Å²) < 4.78 is 5.46. The van der Waals surface area contributed by atoms with Crippen LogP contribution in [0.3, 0.4) is 0 Å². The SMILES string of the molecule is COC(CC(=O)Cc1ccccc1)C1=CCCC=C1. The summed E-state index contributed by atoms with van der Waals surface area (Å²) in [6.45, 7) is 0. The number of allylic oxidation sites excluding steroid dienone is 2. The van der Waals surface area contributed by atoms with Gasteiger partial charge in [0.25, 0.3) is 0 Å². The lowest BCUT2D eigenvalue weighted by Gasteiger charge is -2.18. The maximum atomic E-state index is 12.1. The molecule has 1 atom stereocenters. The standard InChI is InChI=1S/C17H20O2/c1-19-17(15-10-6-3-7-11-15)13-16(18)12-14-8-4-2-5-9-14/h2,4-6,8-11,17H,3,7,12-13H2,1H3. The summed E-state index contributed by atoms with van der Waals surface area (Å²) in [5.41, 5.74) is 2.20. The van der Waals surface area contributed by atoms with Gasteiger partial charge in [-0.3, -0.25) is 4.79 Å². The van der Waals surface area contributed by atoms with Crippen LogP contribution in [-0.4, -0.2) is 19.0 Å². The monoisotopic (exact) mass is 256 g/mol. The van der Waals surface area contributed by atoms with Crippen molar-refractivity contribution < 1.29 is 9.53 Å². The Bertz CT molecular complexity index is 471. The second kappa shape index (κ2) is 7.05. The van der Waals surface area contributed by atoms with Crippen molar-refractivity contribution in [3.63, 3.8) is 0 Å². The molecule has 1 aromatic rings. The fraction of sp³-hybridized carbons (Fsp3) is 0.353. The van der Waals surface area contributed by atoms with Crippen LogP contribution in [0.1, 0.15) is 24.8 Å². The number of benzene rings is 1. The Labute approximate surface area is 114 Å². The lowest BCUT2D eigenvalue weighted by atomic mass is 9.96. The van der Waals surface area contributed by atoms with Gasteiger partial charge in [-0.15, -0.1) is 0 Å².